The predicted molar refractivity (Wildman–Crippen MR) is 44.5 cm³/mol. The number of nitrogens with zero attached hydrogens (tertiary/aromatic N) is 3. The van der Waals surface area contributed by atoms with Crippen molar-refractivity contribution in [3.05, 3.63) is 24.2 Å². The van der Waals surface area contributed by atoms with E-state index in [4.69, 9.17) is 0 Å². The summed E-state index contributed by atoms with van der Waals surface area (Å²) in [6, 6.07) is 0. The van der Waals surface area contributed by atoms with Gasteiger partial charge in [0.1, 0.15) is 5.03 Å². The fraction of sp³-hybridized carbons (Fsp3) is 0.167. The lowest BCUT2D eigenvalue weighted by Crippen LogP contribution is -1.76. The molecule has 0 saturated heterocycles. The number of hydrogen-bond donors (Lipinski definition) is 2. The van der Waals surface area contributed by atoms with Gasteiger partial charge in [-0.25, -0.2) is 0 Å². The standard InChI is InChI=1S/C6H7N5S/c1-5(2-8-7-1)4-12-6-3-9-11-10-6/h1-3H,4H2,(H,7,8)(H,9,10,11). The molecule has 0 aromatic carbocycles. The average molecular weight is 181 g/mol. The monoisotopic (exact) mass is 181 g/mol. The van der Waals surface area contributed by atoms with Crippen LogP contribution in [0.15, 0.2) is 23.6 Å². The maximum atomic E-state index is 3.91. The topological polar surface area (TPSA) is 70.2 Å². The van der Waals surface area contributed by atoms with Gasteiger partial charge in [-0.2, -0.15) is 15.4 Å². The molecule has 0 aliphatic carbocycles. The van der Waals surface area contributed by atoms with Crippen molar-refractivity contribution in [2.75, 3.05) is 0 Å². The van der Waals surface area contributed by atoms with Gasteiger partial charge in [0.15, 0.2) is 0 Å². The molecule has 6 heteroatoms. The summed E-state index contributed by atoms with van der Waals surface area (Å²) in [5, 5.41) is 17.7. The fourth-order valence-corrected chi connectivity index (χ4v) is 1.48. The van der Waals surface area contributed by atoms with Crippen LogP contribution in [0.1, 0.15) is 5.56 Å². The van der Waals surface area contributed by atoms with Crippen molar-refractivity contribution in [2.24, 2.45) is 0 Å². The van der Waals surface area contributed by atoms with E-state index in [0.717, 1.165) is 16.3 Å². The molecule has 2 aromatic rings. The summed E-state index contributed by atoms with van der Waals surface area (Å²) in [5.74, 6) is 0.864. The van der Waals surface area contributed by atoms with Gasteiger partial charge >= 0.3 is 0 Å². The van der Waals surface area contributed by atoms with E-state index in [9.17, 15) is 0 Å². The number of aromatic amines is 2. The highest BCUT2D eigenvalue weighted by Crippen LogP contribution is 2.17. The Hall–Kier alpha value is -1.30. The Balaban J connectivity index is 1.91. The van der Waals surface area contributed by atoms with Crippen LogP contribution >= 0.6 is 11.8 Å². The normalized spacial score (nSPS) is 10.3. The molecule has 5 nitrogen and oxygen atoms in total. The quantitative estimate of drug-likeness (QED) is 0.688. The van der Waals surface area contributed by atoms with E-state index in [-0.39, 0.29) is 0 Å². The Kier molecular flexibility index (Phi) is 2.08. The lowest BCUT2D eigenvalue weighted by Gasteiger charge is -1.90. The fourth-order valence-electron chi connectivity index (χ4n) is 0.774. The smallest absolute Gasteiger partial charge is 0.139 e. The molecular formula is C6H7N5S. The number of hydrogen-bond acceptors (Lipinski definition) is 4. The Morgan fingerprint density at radius 2 is 2.33 bits per heavy atom. The van der Waals surface area contributed by atoms with Crippen LogP contribution in [0.2, 0.25) is 0 Å². The first kappa shape index (κ1) is 7.35. The first-order chi connectivity index (χ1) is 5.95. The molecule has 62 valence electrons. The van der Waals surface area contributed by atoms with Crippen molar-refractivity contribution in [1.82, 2.24) is 25.6 Å². The van der Waals surface area contributed by atoms with Crippen LogP contribution < -0.4 is 0 Å². The van der Waals surface area contributed by atoms with Gasteiger partial charge in [-0.1, -0.05) is 11.8 Å². The Morgan fingerprint density at radius 3 is 3.00 bits per heavy atom. The zero-order valence-corrected chi connectivity index (χ0v) is 7.01. The minimum Gasteiger partial charge on any atom is -0.285 e. The summed E-state index contributed by atoms with van der Waals surface area (Å²) in [7, 11) is 0. The van der Waals surface area contributed by atoms with Gasteiger partial charge in [0.2, 0.25) is 0 Å². The molecule has 0 amide bonds. The Labute approximate surface area is 73.0 Å². The first-order valence-corrected chi connectivity index (χ1v) is 4.40. The first-order valence-electron chi connectivity index (χ1n) is 3.41. The molecular weight excluding hydrogens is 174 g/mol. The maximum absolute atomic E-state index is 3.91. The number of rotatable bonds is 3. The Morgan fingerprint density at radius 1 is 1.33 bits per heavy atom. The van der Waals surface area contributed by atoms with Gasteiger partial charge in [-0.15, -0.1) is 5.10 Å². The van der Waals surface area contributed by atoms with Crippen LogP contribution in [0, 0.1) is 0 Å². The molecule has 2 aromatic heterocycles. The molecule has 0 unspecified atom stereocenters. The summed E-state index contributed by atoms with van der Waals surface area (Å²) < 4.78 is 0. The molecule has 12 heavy (non-hydrogen) atoms. The Bertz CT molecular complexity index is 279. The summed E-state index contributed by atoms with van der Waals surface area (Å²) in [5.41, 5.74) is 1.16. The van der Waals surface area contributed by atoms with Crippen molar-refractivity contribution in [3.8, 4) is 0 Å². The van der Waals surface area contributed by atoms with Gasteiger partial charge in [-0.05, 0) is 0 Å². The van der Waals surface area contributed by atoms with Gasteiger partial charge in [0.05, 0.1) is 12.4 Å². The molecule has 0 atom stereocenters. The average Bonchev–Trinajstić information content (AvgIpc) is 2.74. The molecule has 0 saturated carbocycles. The number of aromatic nitrogens is 5. The van der Waals surface area contributed by atoms with Gasteiger partial charge in [0, 0.05) is 17.5 Å². The SMILES string of the molecule is c1n[nH]cc1CSc1cn[nH]n1. The van der Waals surface area contributed by atoms with Crippen LogP contribution in [0.5, 0.6) is 0 Å². The molecule has 0 fully saturated rings. The van der Waals surface area contributed by atoms with E-state index in [1.165, 1.54) is 0 Å². The highest BCUT2D eigenvalue weighted by molar-refractivity contribution is 7.98. The summed E-state index contributed by atoms with van der Waals surface area (Å²) >= 11 is 1.62. The predicted octanol–water partition coefficient (Wildman–Crippen LogP) is 0.820. The van der Waals surface area contributed by atoms with Crippen molar-refractivity contribution < 1.29 is 0 Å². The molecule has 0 spiro atoms. The second-order valence-corrected chi connectivity index (χ2v) is 3.20. The molecule has 0 aliphatic heterocycles. The van der Waals surface area contributed by atoms with E-state index in [1.54, 1.807) is 24.2 Å². The summed E-state index contributed by atoms with van der Waals surface area (Å²) in [6.45, 7) is 0. The lowest BCUT2D eigenvalue weighted by atomic mass is 10.4. The molecule has 0 bridgehead atoms. The van der Waals surface area contributed by atoms with Crippen molar-refractivity contribution in [2.45, 2.75) is 10.8 Å². The van der Waals surface area contributed by atoms with Crippen molar-refractivity contribution in [3.63, 3.8) is 0 Å². The third-order valence-electron chi connectivity index (χ3n) is 1.33. The largest absolute Gasteiger partial charge is 0.285 e. The van der Waals surface area contributed by atoms with Crippen LogP contribution in [-0.4, -0.2) is 25.6 Å². The van der Waals surface area contributed by atoms with Gasteiger partial charge in [0.25, 0.3) is 0 Å². The van der Waals surface area contributed by atoms with Crippen LogP contribution in [-0.2, 0) is 5.75 Å². The van der Waals surface area contributed by atoms with Gasteiger partial charge in [-0.3, -0.25) is 5.10 Å². The van der Waals surface area contributed by atoms with E-state index in [0.29, 0.717) is 0 Å². The lowest BCUT2D eigenvalue weighted by molar-refractivity contribution is 0.911. The third kappa shape index (κ3) is 1.65. The number of nitrogens with one attached hydrogen (secondary N) is 2. The van der Waals surface area contributed by atoms with Crippen molar-refractivity contribution >= 4 is 11.8 Å². The molecule has 0 radical (unpaired) electrons. The highest BCUT2D eigenvalue weighted by Gasteiger charge is 1.98. The maximum Gasteiger partial charge on any atom is 0.139 e. The number of thioether (sulfide) groups is 1. The van der Waals surface area contributed by atoms with E-state index in [2.05, 4.69) is 25.6 Å². The van der Waals surface area contributed by atoms with Gasteiger partial charge < -0.3 is 0 Å². The second-order valence-electron chi connectivity index (χ2n) is 2.20. The van der Waals surface area contributed by atoms with Crippen molar-refractivity contribution in [1.29, 1.82) is 0 Å². The highest BCUT2D eigenvalue weighted by atomic mass is 32.2. The molecule has 2 heterocycles. The molecule has 2 rings (SSSR count). The summed E-state index contributed by atoms with van der Waals surface area (Å²) in [4.78, 5) is 0. The van der Waals surface area contributed by atoms with E-state index < -0.39 is 0 Å². The zero-order valence-electron chi connectivity index (χ0n) is 6.19. The van der Waals surface area contributed by atoms with Crippen LogP contribution in [0.25, 0.3) is 0 Å². The van der Waals surface area contributed by atoms with Crippen LogP contribution in [0.4, 0.5) is 0 Å². The minimum absolute atomic E-state index is 0.864. The zero-order chi connectivity index (χ0) is 8.23. The third-order valence-corrected chi connectivity index (χ3v) is 2.30. The van der Waals surface area contributed by atoms with E-state index in [1.807, 2.05) is 6.20 Å². The number of H-pyrrole nitrogens is 2. The van der Waals surface area contributed by atoms with Crippen LogP contribution in [0.3, 0.4) is 0 Å². The molecule has 0 aliphatic rings. The second kappa shape index (κ2) is 3.40. The van der Waals surface area contributed by atoms with E-state index >= 15 is 0 Å². The minimum atomic E-state index is 0.864. The molecule has 2 N–H and O–H groups in total. The summed E-state index contributed by atoms with van der Waals surface area (Å²) in [6.07, 6.45) is 5.37.